The van der Waals surface area contributed by atoms with Crippen LogP contribution in [-0.2, 0) is 28.6 Å². The number of methoxy groups -OCH3 is 1. The number of rotatable bonds is 6. The summed E-state index contributed by atoms with van der Waals surface area (Å²) in [4.78, 5) is 50.0. The second-order valence-electron chi connectivity index (χ2n) is 13.1. The lowest BCUT2D eigenvalue weighted by Gasteiger charge is -2.29. The molecule has 0 atom stereocenters. The predicted molar refractivity (Wildman–Crippen MR) is 199 cm³/mol. The minimum absolute atomic E-state index is 0.0453. The third kappa shape index (κ3) is 5.86. The van der Waals surface area contributed by atoms with Crippen molar-refractivity contribution in [1.82, 2.24) is 29.8 Å². The largest absolute Gasteiger partial charge is 0.465 e. The number of carbonyl (C=O) groups is 2. The van der Waals surface area contributed by atoms with Gasteiger partial charge in [-0.25, -0.2) is 9.59 Å². The van der Waals surface area contributed by atoms with Crippen LogP contribution in [0.4, 0.5) is 5.69 Å². The van der Waals surface area contributed by atoms with E-state index < -0.39 is 11.6 Å². The Hall–Kier alpha value is -6.67. The first-order valence-corrected chi connectivity index (χ1v) is 17.0. The summed E-state index contributed by atoms with van der Waals surface area (Å²) in [5.41, 5.74) is 6.87. The first-order chi connectivity index (χ1) is 25.8. The molecule has 0 spiro atoms. The lowest BCUT2D eigenvalue weighted by atomic mass is 9.83. The Labute approximate surface area is 309 Å². The summed E-state index contributed by atoms with van der Waals surface area (Å²) >= 11 is 0. The quantitative estimate of drug-likeness (QED) is 0.207. The van der Waals surface area contributed by atoms with Gasteiger partial charge in [0.1, 0.15) is 11.5 Å². The monoisotopic (exact) mass is 727 g/mol. The minimum Gasteiger partial charge on any atom is -0.465 e. The molecule has 1 amide bonds. The third-order valence-electron chi connectivity index (χ3n) is 9.74. The van der Waals surface area contributed by atoms with E-state index in [1.807, 2.05) is 58.0 Å². The molecule has 7 aromatic rings. The normalized spacial score (nSPS) is 12.5. The second-order valence-corrected chi connectivity index (χ2v) is 13.1. The van der Waals surface area contributed by atoms with Crippen LogP contribution in [-0.4, -0.2) is 61.0 Å². The Morgan fingerprint density at radius 1 is 0.852 bits per heavy atom. The minimum atomic E-state index is -1.72. The topological polar surface area (TPSA) is 182 Å². The molecule has 5 aromatic heterocycles. The molecule has 1 aliphatic heterocycles. The van der Waals surface area contributed by atoms with E-state index in [0.717, 1.165) is 33.5 Å². The van der Waals surface area contributed by atoms with Crippen LogP contribution in [0.2, 0.25) is 0 Å². The van der Waals surface area contributed by atoms with Gasteiger partial charge in [0.2, 0.25) is 5.91 Å². The third-order valence-corrected chi connectivity index (χ3v) is 9.74. The van der Waals surface area contributed by atoms with Crippen molar-refractivity contribution in [2.75, 3.05) is 19.1 Å². The van der Waals surface area contributed by atoms with Gasteiger partial charge < -0.3 is 28.8 Å². The summed E-state index contributed by atoms with van der Waals surface area (Å²) in [7, 11) is 4.65. The molecule has 274 valence electrons. The molecule has 0 bridgehead atoms. The number of imidazole rings is 1. The van der Waals surface area contributed by atoms with E-state index >= 15 is 0 Å². The van der Waals surface area contributed by atoms with Gasteiger partial charge >= 0.3 is 11.7 Å². The number of likely N-dealkylation sites (N-methyl/N-ethyl adjacent to an activating group) is 1. The number of pyridine rings is 2. The van der Waals surface area contributed by atoms with Crippen molar-refractivity contribution < 1.29 is 28.5 Å². The predicted octanol–water partition coefficient (Wildman–Crippen LogP) is 5.48. The molecule has 0 fully saturated rings. The van der Waals surface area contributed by atoms with Crippen molar-refractivity contribution in [2.24, 2.45) is 7.05 Å². The van der Waals surface area contributed by atoms with Gasteiger partial charge in [-0.15, -0.1) is 0 Å². The maximum Gasteiger partial charge on any atom is 0.340 e. The molecule has 6 heterocycles. The van der Waals surface area contributed by atoms with Gasteiger partial charge in [-0.1, -0.05) is 22.4 Å². The second kappa shape index (κ2) is 13.7. The molecule has 8 rings (SSSR count). The number of amides is 1. The highest BCUT2D eigenvalue weighted by atomic mass is 16.5. The maximum absolute atomic E-state index is 12.6. The average Bonchev–Trinajstić information content (AvgIpc) is 3.88. The molecule has 0 unspecified atom stereocenters. The summed E-state index contributed by atoms with van der Waals surface area (Å²) in [6.07, 6.45) is 3.51. The van der Waals surface area contributed by atoms with Gasteiger partial charge in [-0.3, -0.25) is 19.3 Å². The van der Waals surface area contributed by atoms with E-state index in [1.165, 1.54) is 16.6 Å². The Balaban J connectivity index is 0.000000179. The number of carbonyl (C=O) groups excluding carboxylic acids is 2. The number of anilines is 1. The van der Waals surface area contributed by atoms with Crippen LogP contribution in [0.15, 0.2) is 86.9 Å². The van der Waals surface area contributed by atoms with E-state index in [4.69, 9.17) is 13.8 Å². The van der Waals surface area contributed by atoms with Crippen molar-refractivity contribution in [1.29, 1.82) is 0 Å². The smallest absolute Gasteiger partial charge is 0.340 e. The average molecular weight is 728 g/mol. The Bertz CT molecular complexity index is 2540. The van der Waals surface area contributed by atoms with Crippen LogP contribution in [0.25, 0.3) is 33.3 Å². The zero-order chi connectivity index (χ0) is 38.5. The van der Waals surface area contributed by atoms with Crippen LogP contribution in [0.5, 0.6) is 0 Å². The van der Waals surface area contributed by atoms with Gasteiger partial charge in [0.05, 0.1) is 58.6 Å². The number of fused-ring (bicyclic) bond motifs is 2. The summed E-state index contributed by atoms with van der Waals surface area (Å²) in [5.74, 6) is 0.804. The molecule has 2 N–H and O–H groups in total. The maximum atomic E-state index is 12.6. The van der Waals surface area contributed by atoms with Gasteiger partial charge in [-0.2, -0.15) is 0 Å². The number of hydrogen-bond donors (Lipinski definition) is 2. The lowest BCUT2D eigenvalue weighted by molar-refractivity contribution is -0.117. The zero-order valence-corrected chi connectivity index (χ0v) is 30.7. The lowest BCUT2D eigenvalue weighted by Crippen LogP contribution is -2.32. The summed E-state index contributed by atoms with van der Waals surface area (Å²) < 4.78 is 16.9. The number of aromatic amines is 1. The number of aryl methyl sites for hydroxylation is 5. The first-order valence-electron chi connectivity index (χ1n) is 17.0. The Morgan fingerprint density at radius 3 is 1.93 bits per heavy atom. The van der Waals surface area contributed by atoms with Crippen molar-refractivity contribution in [3.63, 3.8) is 0 Å². The van der Waals surface area contributed by atoms with Crippen molar-refractivity contribution in [3.05, 3.63) is 135 Å². The molecular weight excluding hydrogens is 690 g/mol. The number of aliphatic hydroxyl groups is 1. The number of aromatic nitrogens is 6. The molecule has 2 aromatic carbocycles. The fourth-order valence-electron chi connectivity index (χ4n) is 7.20. The number of nitrogens with zero attached hydrogens (tertiary/aromatic N) is 6. The molecule has 0 saturated heterocycles. The van der Waals surface area contributed by atoms with Gasteiger partial charge in [0, 0.05) is 43.2 Å². The van der Waals surface area contributed by atoms with Crippen LogP contribution >= 0.6 is 0 Å². The number of ether oxygens (including phenoxy) is 1. The summed E-state index contributed by atoms with van der Waals surface area (Å²) in [6, 6.07) is 18.0. The molecule has 0 radical (unpaired) electrons. The van der Waals surface area contributed by atoms with E-state index in [2.05, 4.69) is 25.3 Å². The number of hydrogen-bond acceptors (Lipinski definition) is 11. The number of H-pyrrole nitrogens is 1. The molecule has 0 aliphatic carbocycles. The number of nitrogens with one attached hydrogen (secondary N) is 1. The highest BCUT2D eigenvalue weighted by Gasteiger charge is 2.40. The molecule has 54 heavy (non-hydrogen) atoms. The van der Waals surface area contributed by atoms with Crippen molar-refractivity contribution >= 4 is 28.6 Å². The van der Waals surface area contributed by atoms with Crippen LogP contribution < -0.4 is 10.6 Å². The Kier molecular flexibility index (Phi) is 9.07. The fourth-order valence-corrected chi connectivity index (χ4v) is 7.20. The summed E-state index contributed by atoms with van der Waals surface area (Å²) in [5, 5.41) is 20.3. The molecule has 14 nitrogen and oxygen atoms in total. The number of esters is 1. The van der Waals surface area contributed by atoms with Crippen LogP contribution in [0, 0.1) is 27.7 Å². The van der Waals surface area contributed by atoms with Gasteiger partial charge in [0.15, 0.2) is 5.60 Å². The molecule has 0 saturated carbocycles. The van der Waals surface area contributed by atoms with Gasteiger partial charge in [0.25, 0.3) is 0 Å². The molecule has 1 aliphatic rings. The van der Waals surface area contributed by atoms with Gasteiger partial charge in [-0.05, 0) is 92.9 Å². The number of benzene rings is 2. The van der Waals surface area contributed by atoms with E-state index in [1.54, 1.807) is 56.8 Å². The zero-order valence-electron chi connectivity index (χ0n) is 30.7. The van der Waals surface area contributed by atoms with Crippen molar-refractivity contribution in [2.45, 2.75) is 39.7 Å². The van der Waals surface area contributed by atoms with E-state index in [0.29, 0.717) is 56.4 Å². The summed E-state index contributed by atoms with van der Waals surface area (Å²) in [6.45, 7) is 7.34. The van der Waals surface area contributed by atoms with E-state index in [9.17, 15) is 19.5 Å². The van der Waals surface area contributed by atoms with Crippen LogP contribution in [0.3, 0.4) is 0 Å². The van der Waals surface area contributed by atoms with Crippen molar-refractivity contribution in [3.8, 4) is 22.3 Å². The van der Waals surface area contributed by atoms with Crippen LogP contribution in [0.1, 0.15) is 55.8 Å². The molecular formula is C40H37N7O7. The Morgan fingerprint density at radius 2 is 1.43 bits per heavy atom. The SMILES string of the molecule is COC(=O)c1cc(-c2c(C)noc2C)cc2c1N(C)C(=O)C2.Cc1noc(C)c1-c1cc(C(O)(c2ccccn2)c2ccccn2)c2c(c1)[nH]c(=O)n2C. The highest BCUT2D eigenvalue weighted by molar-refractivity contribution is 6.09. The standard InChI is InChI=1S/C24H21N5O3.C16H16N2O4/c1-14-21(15(2)32-28-14)16-12-17(22-18(13-16)27-23(30)29(22)3)24(31,19-8-4-6-10-25-19)20-9-5-7-11-26-20;1-8-14(9(2)22-17-8)10-5-11-7-13(19)18(3)15(11)12(6-10)16(20)21-4/h4-13,31H,1-3H3,(H,27,30);5-6H,7H2,1-4H3. The molecule has 14 heteroatoms. The first kappa shape index (κ1) is 35.7. The highest BCUT2D eigenvalue weighted by Crippen LogP contribution is 2.41. The van der Waals surface area contributed by atoms with E-state index in [-0.39, 0.29) is 18.0 Å². The fraction of sp³-hybridized carbons (Fsp3) is 0.225.